The fourth-order valence-corrected chi connectivity index (χ4v) is 3.75. The lowest BCUT2D eigenvalue weighted by atomic mass is 9.80. The van der Waals surface area contributed by atoms with Crippen LogP contribution in [0.1, 0.15) is 20.3 Å². The molecule has 0 radical (unpaired) electrons. The Bertz CT molecular complexity index is 464. The van der Waals surface area contributed by atoms with E-state index in [0.29, 0.717) is 0 Å². The molecule has 2 rings (SSSR count). The molecule has 2 nitrogen and oxygen atoms in total. The molecule has 1 aliphatic rings. The van der Waals surface area contributed by atoms with Crippen molar-refractivity contribution in [2.24, 2.45) is 5.41 Å². The average Bonchev–Trinajstić information content (AvgIpc) is 2.31. The second kappa shape index (κ2) is 4.81. The second-order valence-electron chi connectivity index (χ2n) is 5.66. The van der Waals surface area contributed by atoms with Gasteiger partial charge in [0.25, 0.3) is 0 Å². The molecule has 0 amide bonds. The van der Waals surface area contributed by atoms with Gasteiger partial charge in [-0.15, -0.1) is 0 Å². The Morgan fingerprint density at radius 2 is 1.94 bits per heavy atom. The molecule has 1 heterocycles. The molecule has 18 heavy (non-hydrogen) atoms. The van der Waals surface area contributed by atoms with Gasteiger partial charge < -0.3 is 5.32 Å². The lowest BCUT2D eigenvalue weighted by Gasteiger charge is -2.41. The summed E-state index contributed by atoms with van der Waals surface area (Å²) in [5.74, 6) is 1.58. The van der Waals surface area contributed by atoms with Gasteiger partial charge in [0.15, 0.2) is 0 Å². The van der Waals surface area contributed by atoms with Gasteiger partial charge in [-0.3, -0.25) is 0 Å². The van der Waals surface area contributed by atoms with Gasteiger partial charge in [-0.1, -0.05) is 13.8 Å². The van der Waals surface area contributed by atoms with Gasteiger partial charge in [0.2, 0.25) is 0 Å². The summed E-state index contributed by atoms with van der Waals surface area (Å²) < 4.78 is 12.9. The second-order valence-corrected chi connectivity index (χ2v) is 6.65. The number of nitrogens with zero attached hydrogens (tertiary/aromatic N) is 1. The number of rotatable bonds is 2. The van der Waals surface area contributed by atoms with Gasteiger partial charge in [-0.05, 0) is 41.9 Å². The minimum Gasteiger partial charge on any atom is -0.367 e. The van der Waals surface area contributed by atoms with Crippen LogP contribution in [0.4, 0.5) is 10.1 Å². The molecular weight excluding hydrogens is 247 g/mol. The first-order valence-electron chi connectivity index (χ1n) is 5.98. The van der Waals surface area contributed by atoms with Gasteiger partial charge >= 0.3 is 0 Å². The number of benzene rings is 1. The van der Waals surface area contributed by atoms with Crippen molar-refractivity contribution in [3.05, 3.63) is 30.1 Å². The maximum Gasteiger partial charge on any atom is 0.135 e. The minimum absolute atomic E-state index is 0.145. The molecule has 1 unspecified atom stereocenters. The predicted octanol–water partition coefficient (Wildman–Crippen LogP) is 3.66. The van der Waals surface area contributed by atoms with Crippen LogP contribution < -0.4 is 5.32 Å². The molecule has 0 bridgehead atoms. The van der Waals surface area contributed by atoms with Crippen LogP contribution in [0.3, 0.4) is 0 Å². The third-order valence-electron chi connectivity index (χ3n) is 3.06. The highest BCUT2D eigenvalue weighted by molar-refractivity contribution is 7.99. The fourth-order valence-electron chi connectivity index (χ4n) is 2.41. The van der Waals surface area contributed by atoms with Gasteiger partial charge in [0.1, 0.15) is 11.4 Å². The van der Waals surface area contributed by atoms with E-state index in [1.807, 2.05) is 0 Å². The van der Waals surface area contributed by atoms with Crippen LogP contribution in [0.15, 0.2) is 24.3 Å². The summed E-state index contributed by atoms with van der Waals surface area (Å²) in [6.07, 6.45) is 0.806. The van der Waals surface area contributed by atoms with Crippen molar-refractivity contribution in [2.75, 3.05) is 16.8 Å². The van der Waals surface area contributed by atoms with E-state index in [9.17, 15) is 9.65 Å². The van der Waals surface area contributed by atoms with Crippen LogP contribution in [0.2, 0.25) is 0 Å². The maximum atomic E-state index is 12.9. The monoisotopic (exact) mass is 264 g/mol. The normalized spacial score (nSPS) is 26.3. The largest absolute Gasteiger partial charge is 0.367 e. The van der Waals surface area contributed by atoms with Crippen molar-refractivity contribution in [1.82, 2.24) is 0 Å². The zero-order chi connectivity index (χ0) is 13.2. The van der Waals surface area contributed by atoms with E-state index in [-0.39, 0.29) is 11.2 Å². The molecule has 96 valence electrons. The van der Waals surface area contributed by atoms with Crippen LogP contribution in [-0.4, -0.2) is 17.0 Å². The first kappa shape index (κ1) is 13.2. The number of hydrogen-bond donors (Lipinski definition) is 1. The molecule has 1 aromatic rings. The number of hydrogen-bond acceptors (Lipinski definition) is 3. The van der Waals surface area contributed by atoms with Gasteiger partial charge in [-0.2, -0.15) is 17.0 Å². The highest BCUT2D eigenvalue weighted by Crippen LogP contribution is 2.40. The molecule has 1 saturated heterocycles. The molecule has 0 spiro atoms. The fraction of sp³-hybridized carbons (Fsp3) is 0.500. The smallest absolute Gasteiger partial charge is 0.135 e. The molecule has 4 heteroatoms. The standard InChI is InChI=1S/C14H17FN2S/c1-13(2)7-14(8-16,10-18-9-13)17-12-5-3-11(15)4-6-12/h3-6,17H,7,9-10H2,1-2H3. The first-order valence-corrected chi connectivity index (χ1v) is 7.13. The third-order valence-corrected chi connectivity index (χ3v) is 4.75. The van der Waals surface area contributed by atoms with E-state index in [2.05, 4.69) is 25.2 Å². The summed E-state index contributed by atoms with van der Waals surface area (Å²) in [5, 5.41) is 12.8. The SMILES string of the molecule is CC1(C)CSCC(C#N)(Nc2ccc(F)cc2)C1. The topological polar surface area (TPSA) is 35.8 Å². The number of nitriles is 1. The summed E-state index contributed by atoms with van der Waals surface area (Å²) in [6.45, 7) is 4.36. The molecule has 1 aliphatic heterocycles. The summed E-state index contributed by atoms with van der Waals surface area (Å²) in [4.78, 5) is 0. The first-order chi connectivity index (χ1) is 8.45. The van der Waals surface area contributed by atoms with Gasteiger partial charge in [0.05, 0.1) is 6.07 Å². The van der Waals surface area contributed by atoms with Crippen LogP contribution in [0, 0.1) is 22.6 Å². The number of halogens is 1. The number of thioether (sulfide) groups is 1. The molecular formula is C14H17FN2S. The Balaban J connectivity index is 2.18. The molecule has 0 saturated carbocycles. The molecule has 1 N–H and O–H groups in total. The third kappa shape index (κ3) is 2.97. The van der Waals surface area contributed by atoms with Crippen molar-refractivity contribution < 1.29 is 4.39 Å². The van der Waals surface area contributed by atoms with Crippen LogP contribution >= 0.6 is 11.8 Å². The number of anilines is 1. The maximum absolute atomic E-state index is 12.9. The Morgan fingerprint density at radius 1 is 1.28 bits per heavy atom. The van der Waals surface area contributed by atoms with E-state index in [4.69, 9.17) is 0 Å². The molecule has 1 aromatic carbocycles. The van der Waals surface area contributed by atoms with Crippen molar-refractivity contribution in [1.29, 1.82) is 5.26 Å². The van der Waals surface area contributed by atoms with Crippen molar-refractivity contribution in [3.63, 3.8) is 0 Å². The lowest BCUT2D eigenvalue weighted by Crippen LogP contribution is -2.47. The highest BCUT2D eigenvalue weighted by atomic mass is 32.2. The zero-order valence-corrected chi connectivity index (χ0v) is 11.5. The Morgan fingerprint density at radius 3 is 2.50 bits per heavy atom. The van der Waals surface area contributed by atoms with E-state index in [0.717, 1.165) is 23.6 Å². The van der Waals surface area contributed by atoms with E-state index >= 15 is 0 Å². The summed E-state index contributed by atoms with van der Waals surface area (Å²) in [5.41, 5.74) is 0.395. The van der Waals surface area contributed by atoms with Crippen LogP contribution in [-0.2, 0) is 0 Å². The van der Waals surface area contributed by atoms with E-state index in [1.54, 1.807) is 23.9 Å². The van der Waals surface area contributed by atoms with Crippen molar-refractivity contribution >= 4 is 17.4 Å². The Labute approximate surface area is 112 Å². The molecule has 1 atom stereocenters. The number of nitrogens with one attached hydrogen (secondary N) is 1. The predicted molar refractivity (Wildman–Crippen MR) is 74.1 cm³/mol. The van der Waals surface area contributed by atoms with Crippen LogP contribution in [0.25, 0.3) is 0 Å². The van der Waals surface area contributed by atoms with Crippen molar-refractivity contribution in [2.45, 2.75) is 25.8 Å². The lowest BCUT2D eigenvalue weighted by molar-refractivity contribution is 0.324. The molecule has 0 aromatic heterocycles. The molecule has 0 aliphatic carbocycles. The molecule has 1 fully saturated rings. The van der Waals surface area contributed by atoms with Crippen LogP contribution in [0.5, 0.6) is 0 Å². The Hall–Kier alpha value is -1.21. The summed E-state index contributed by atoms with van der Waals surface area (Å²) in [6, 6.07) is 8.60. The van der Waals surface area contributed by atoms with E-state index < -0.39 is 5.54 Å². The summed E-state index contributed by atoms with van der Waals surface area (Å²) in [7, 11) is 0. The summed E-state index contributed by atoms with van der Waals surface area (Å²) >= 11 is 1.80. The average molecular weight is 264 g/mol. The van der Waals surface area contributed by atoms with Crippen molar-refractivity contribution in [3.8, 4) is 6.07 Å². The zero-order valence-electron chi connectivity index (χ0n) is 10.7. The van der Waals surface area contributed by atoms with Gasteiger partial charge in [-0.25, -0.2) is 4.39 Å². The quantitative estimate of drug-likeness (QED) is 0.885. The van der Waals surface area contributed by atoms with E-state index in [1.165, 1.54) is 12.1 Å². The minimum atomic E-state index is -0.551. The van der Waals surface area contributed by atoms with Gasteiger partial charge in [0, 0.05) is 11.4 Å². The Kier molecular flexibility index (Phi) is 3.54. The highest BCUT2D eigenvalue weighted by Gasteiger charge is 2.40.